The van der Waals surface area contributed by atoms with Crippen LogP contribution in [0.1, 0.15) is 81.8 Å². The van der Waals surface area contributed by atoms with E-state index in [1.165, 1.54) is 19.3 Å². The van der Waals surface area contributed by atoms with Crippen LogP contribution < -0.4 is 10.9 Å². The summed E-state index contributed by atoms with van der Waals surface area (Å²) in [5.41, 5.74) is 0.118. The lowest BCUT2D eigenvalue weighted by atomic mass is 9.90. The zero-order valence-corrected chi connectivity index (χ0v) is 15.4. The summed E-state index contributed by atoms with van der Waals surface area (Å²) in [5.74, 6) is 2.70. The number of carbonyl (C=O) groups excluding carboxylic acids is 1. The Balaban J connectivity index is 1.41. The van der Waals surface area contributed by atoms with E-state index in [-0.39, 0.29) is 17.5 Å². The zero-order valence-electron chi connectivity index (χ0n) is 15.4. The standard InChI is InChI=1S/C20H28N4O2/c1-2-16(21-17(25)11-15-10-12-7-8-14(15)9-12)18-20(26)22-19(24-23-18)13-5-3-4-6-13/h7-8,12-16H,2-6,9-11H2,1H3,(H,21,25)(H,22,24,26). The molecule has 1 amide bonds. The van der Waals surface area contributed by atoms with Crippen molar-refractivity contribution in [2.45, 2.75) is 70.3 Å². The molecular weight excluding hydrogens is 328 g/mol. The van der Waals surface area contributed by atoms with E-state index in [0.717, 1.165) is 19.3 Å². The van der Waals surface area contributed by atoms with Gasteiger partial charge in [0.25, 0.3) is 5.56 Å². The summed E-state index contributed by atoms with van der Waals surface area (Å²) in [5, 5.41) is 11.5. The molecule has 0 aromatic carbocycles. The number of hydrogen-bond acceptors (Lipinski definition) is 4. The molecule has 0 saturated heterocycles. The van der Waals surface area contributed by atoms with Crippen LogP contribution in [0.4, 0.5) is 0 Å². The van der Waals surface area contributed by atoms with Crippen molar-refractivity contribution >= 4 is 5.91 Å². The molecule has 0 radical (unpaired) electrons. The van der Waals surface area contributed by atoms with Crippen molar-refractivity contribution in [1.29, 1.82) is 0 Å². The van der Waals surface area contributed by atoms with Crippen LogP contribution in [-0.4, -0.2) is 21.1 Å². The van der Waals surface area contributed by atoms with Crippen LogP contribution in [0.2, 0.25) is 0 Å². The van der Waals surface area contributed by atoms with Crippen molar-refractivity contribution in [2.24, 2.45) is 17.8 Å². The van der Waals surface area contributed by atoms with Crippen LogP contribution >= 0.6 is 0 Å². The summed E-state index contributed by atoms with van der Waals surface area (Å²) in [6.07, 6.45) is 12.5. The normalized spacial score (nSPS) is 28.6. The molecule has 4 atom stereocenters. The molecule has 26 heavy (non-hydrogen) atoms. The van der Waals surface area contributed by atoms with Gasteiger partial charge < -0.3 is 10.3 Å². The zero-order chi connectivity index (χ0) is 18.1. The molecule has 2 N–H and O–H groups in total. The van der Waals surface area contributed by atoms with Crippen molar-refractivity contribution < 1.29 is 4.79 Å². The number of carbonyl (C=O) groups is 1. The number of H-pyrrole nitrogens is 1. The first-order valence-corrected chi connectivity index (χ1v) is 10.1. The number of nitrogens with zero attached hydrogens (tertiary/aromatic N) is 2. The van der Waals surface area contributed by atoms with Crippen LogP contribution in [-0.2, 0) is 4.79 Å². The molecule has 3 aliphatic rings. The van der Waals surface area contributed by atoms with Gasteiger partial charge in [0.15, 0.2) is 5.69 Å². The quantitative estimate of drug-likeness (QED) is 0.767. The molecule has 1 aromatic rings. The SMILES string of the molecule is CCC(NC(=O)CC1CC2C=CC1C2)c1nnc(C2CCCC2)[nH]c1=O. The minimum Gasteiger partial charge on any atom is -0.347 e. The molecule has 1 aromatic heterocycles. The summed E-state index contributed by atoms with van der Waals surface area (Å²) < 4.78 is 0. The van der Waals surface area contributed by atoms with Crippen LogP contribution in [0.15, 0.2) is 16.9 Å². The Kier molecular flexibility index (Phi) is 4.92. The smallest absolute Gasteiger partial charge is 0.275 e. The maximum absolute atomic E-state index is 12.5. The van der Waals surface area contributed by atoms with Gasteiger partial charge in [0.2, 0.25) is 5.91 Å². The molecule has 3 aliphatic carbocycles. The van der Waals surface area contributed by atoms with Gasteiger partial charge in [-0.15, -0.1) is 10.2 Å². The number of amides is 1. The molecule has 4 unspecified atom stereocenters. The Labute approximate surface area is 153 Å². The molecule has 6 nitrogen and oxygen atoms in total. The molecule has 4 rings (SSSR count). The summed E-state index contributed by atoms with van der Waals surface area (Å²) in [6.45, 7) is 1.96. The number of hydrogen-bond donors (Lipinski definition) is 2. The van der Waals surface area contributed by atoms with E-state index in [1.807, 2.05) is 6.92 Å². The molecule has 0 aliphatic heterocycles. The first-order valence-electron chi connectivity index (χ1n) is 10.1. The molecule has 6 heteroatoms. The van der Waals surface area contributed by atoms with Crippen LogP contribution in [0.3, 0.4) is 0 Å². The Bertz CT molecular complexity index is 750. The third-order valence-corrected chi connectivity index (χ3v) is 6.42. The molecule has 2 fully saturated rings. The fourth-order valence-corrected chi connectivity index (χ4v) is 4.95. The minimum atomic E-state index is -0.370. The van der Waals surface area contributed by atoms with E-state index < -0.39 is 0 Å². The number of aromatic nitrogens is 3. The second kappa shape index (κ2) is 7.33. The van der Waals surface area contributed by atoms with Gasteiger partial charge in [0.1, 0.15) is 5.82 Å². The average Bonchev–Trinajstić information content (AvgIpc) is 3.37. The van der Waals surface area contributed by atoms with Gasteiger partial charge in [-0.1, -0.05) is 31.9 Å². The highest BCUT2D eigenvalue weighted by Gasteiger charge is 2.36. The predicted molar refractivity (Wildman–Crippen MR) is 98.5 cm³/mol. The largest absolute Gasteiger partial charge is 0.347 e. The van der Waals surface area contributed by atoms with Crippen LogP contribution in [0.25, 0.3) is 0 Å². The summed E-state index contributed by atoms with van der Waals surface area (Å²) >= 11 is 0. The van der Waals surface area contributed by atoms with E-state index in [9.17, 15) is 9.59 Å². The number of nitrogens with one attached hydrogen (secondary N) is 2. The predicted octanol–water partition coefficient (Wildman–Crippen LogP) is 2.99. The average molecular weight is 356 g/mol. The second-order valence-electron chi connectivity index (χ2n) is 8.18. The molecular formula is C20H28N4O2. The molecule has 0 spiro atoms. The highest BCUT2D eigenvalue weighted by molar-refractivity contribution is 5.76. The second-order valence-corrected chi connectivity index (χ2v) is 8.18. The third-order valence-electron chi connectivity index (χ3n) is 6.42. The van der Waals surface area contributed by atoms with Crippen molar-refractivity contribution in [2.75, 3.05) is 0 Å². The number of allylic oxidation sites excluding steroid dienone is 2. The molecule has 2 bridgehead atoms. The topological polar surface area (TPSA) is 87.7 Å². The Morgan fingerprint density at radius 3 is 2.69 bits per heavy atom. The Hall–Kier alpha value is -1.98. The molecule has 2 saturated carbocycles. The van der Waals surface area contributed by atoms with Gasteiger partial charge in [-0.3, -0.25) is 9.59 Å². The van der Waals surface area contributed by atoms with E-state index in [0.29, 0.717) is 48.0 Å². The third kappa shape index (κ3) is 3.46. The van der Waals surface area contributed by atoms with Crippen LogP contribution in [0.5, 0.6) is 0 Å². The highest BCUT2D eigenvalue weighted by Crippen LogP contribution is 2.44. The lowest BCUT2D eigenvalue weighted by molar-refractivity contribution is -0.123. The van der Waals surface area contributed by atoms with Gasteiger partial charge in [-0.05, 0) is 49.9 Å². The first kappa shape index (κ1) is 17.4. The van der Waals surface area contributed by atoms with E-state index in [4.69, 9.17) is 0 Å². The van der Waals surface area contributed by atoms with Crippen LogP contribution in [0, 0.1) is 17.8 Å². The van der Waals surface area contributed by atoms with Gasteiger partial charge in [-0.2, -0.15) is 0 Å². The monoisotopic (exact) mass is 356 g/mol. The fraction of sp³-hybridized carbons (Fsp3) is 0.700. The molecule has 140 valence electrons. The number of aromatic amines is 1. The van der Waals surface area contributed by atoms with E-state index in [2.05, 4.69) is 32.7 Å². The summed E-state index contributed by atoms with van der Waals surface area (Å²) in [4.78, 5) is 27.9. The molecule has 1 heterocycles. The van der Waals surface area contributed by atoms with Gasteiger partial charge in [-0.25, -0.2) is 0 Å². The number of fused-ring (bicyclic) bond motifs is 2. The van der Waals surface area contributed by atoms with Gasteiger partial charge in [0, 0.05) is 12.3 Å². The number of rotatable bonds is 6. The fourth-order valence-electron chi connectivity index (χ4n) is 4.95. The lowest BCUT2D eigenvalue weighted by Crippen LogP contribution is -2.35. The van der Waals surface area contributed by atoms with Crippen molar-refractivity contribution in [1.82, 2.24) is 20.5 Å². The highest BCUT2D eigenvalue weighted by atomic mass is 16.2. The maximum Gasteiger partial charge on any atom is 0.275 e. The van der Waals surface area contributed by atoms with Crippen molar-refractivity contribution in [3.8, 4) is 0 Å². The van der Waals surface area contributed by atoms with Gasteiger partial charge in [0.05, 0.1) is 6.04 Å². The Morgan fingerprint density at radius 1 is 1.27 bits per heavy atom. The first-order chi connectivity index (χ1) is 12.6. The van der Waals surface area contributed by atoms with E-state index >= 15 is 0 Å². The minimum absolute atomic E-state index is 0.0175. The van der Waals surface area contributed by atoms with Crippen molar-refractivity contribution in [3.05, 3.63) is 34.0 Å². The summed E-state index contributed by atoms with van der Waals surface area (Å²) in [7, 11) is 0. The van der Waals surface area contributed by atoms with Gasteiger partial charge >= 0.3 is 0 Å². The Morgan fingerprint density at radius 2 is 2.08 bits per heavy atom. The summed E-state index contributed by atoms with van der Waals surface area (Å²) in [6, 6.07) is -0.370. The van der Waals surface area contributed by atoms with E-state index in [1.54, 1.807) is 0 Å². The maximum atomic E-state index is 12.5. The lowest BCUT2D eigenvalue weighted by Gasteiger charge is -2.20. The van der Waals surface area contributed by atoms with Crippen molar-refractivity contribution in [3.63, 3.8) is 0 Å².